The predicted molar refractivity (Wildman–Crippen MR) is 167 cm³/mol. The normalized spacial score (nSPS) is 15.6. The summed E-state index contributed by atoms with van der Waals surface area (Å²) in [7, 11) is 1.34. The monoisotopic (exact) mass is 602 g/mol. The number of nitrogens with zero attached hydrogens (tertiary/aromatic N) is 2. The molecule has 0 unspecified atom stereocenters. The molecule has 0 saturated carbocycles. The van der Waals surface area contributed by atoms with E-state index in [1.165, 1.54) is 7.11 Å². The number of alkyl carbamates (subject to hydrolysis) is 1. The van der Waals surface area contributed by atoms with E-state index in [1.54, 1.807) is 39.1 Å². The summed E-state index contributed by atoms with van der Waals surface area (Å²) in [5.41, 5.74) is 3.60. The van der Waals surface area contributed by atoms with E-state index < -0.39 is 17.6 Å². The van der Waals surface area contributed by atoms with E-state index in [4.69, 9.17) is 9.47 Å². The van der Waals surface area contributed by atoms with Crippen molar-refractivity contribution in [2.45, 2.75) is 65.5 Å². The average Bonchev–Trinajstić information content (AvgIpc) is 3.68. The number of methoxy groups -OCH3 is 1. The number of imidazole rings is 1. The van der Waals surface area contributed by atoms with Crippen molar-refractivity contribution < 1.29 is 28.7 Å². The summed E-state index contributed by atoms with van der Waals surface area (Å²) in [6.45, 7) is 9.67. The Morgan fingerprint density at radius 3 is 2.20 bits per heavy atom. The minimum atomic E-state index is -0.632. The van der Waals surface area contributed by atoms with Gasteiger partial charge in [0, 0.05) is 12.1 Å². The fourth-order valence-electron chi connectivity index (χ4n) is 5.31. The lowest BCUT2D eigenvalue weighted by Gasteiger charge is -2.29. The summed E-state index contributed by atoms with van der Waals surface area (Å²) < 4.78 is 10.0. The van der Waals surface area contributed by atoms with E-state index in [9.17, 15) is 19.2 Å². The molecule has 1 aliphatic rings. The number of amides is 2. The summed E-state index contributed by atoms with van der Waals surface area (Å²) in [5.74, 6) is -0.330. The highest BCUT2D eigenvalue weighted by atomic mass is 16.6. The Labute approximate surface area is 258 Å². The van der Waals surface area contributed by atoms with Gasteiger partial charge in [-0.25, -0.2) is 9.78 Å². The first-order chi connectivity index (χ1) is 20.9. The fraction of sp³-hybridized carbons (Fsp3) is 0.441. The fourth-order valence-corrected chi connectivity index (χ4v) is 5.31. The summed E-state index contributed by atoms with van der Waals surface area (Å²) >= 11 is 0. The topological polar surface area (TPSA) is 131 Å². The lowest BCUT2D eigenvalue weighted by molar-refractivity contribution is -0.148. The third kappa shape index (κ3) is 8.12. The van der Waals surface area contributed by atoms with E-state index in [0.29, 0.717) is 12.1 Å². The maximum absolute atomic E-state index is 13.5. The maximum atomic E-state index is 13.5. The second kappa shape index (κ2) is 13.9. The molecule has 3 aromatic rings. The van der Waals surface area contributed by atoms with Gasteiger partial charge in [0.2, 0.25) is 5.91 Å². The highest BCUT2D eigenvalue weighted by Gasteiger charge is 2.37. The molecule has 44 heavy (non-hydrogen) atoms. The summed E-state index contributed by atoms with van der Waals surface area (Å²) in [4.78, 5) is 59.7. The van der Waals surface area contributed by atoms with Gasteiger partial charge in [-0.05, 0) is 56.2 Å². The molecule has 1 fully saturated rings. The number of carbonyl (C=O) groups excluding carboxylic acids is 4. The van der Waals surface area contributed by atoms with Crippen LogP contribution >= 0.6 is 0 Å². The number of aromatic amines is 1. The van der Waals surface area contributed by atoms with Crippen LogP contribution in [0.4, 0.5) is 4.79 Å². The number of Topliss-reactive ketones (excluding diaryl/α,β-unsaturated/α-hetero) is 1. The van der Waals surface area contributed by atoms with Gasteiger partial charge in [-0.1, -0.05) is 62.4 Å². The maximum Gasteiger partial charge on any atom is 0.408 e. The molecule has 2 aromatic carbocycles. The van der Waals surface area contributed by atoms with E-state index in [1.807, 2.05) is 55.1 Å². The van der Waals surface area contributed by atoms with Gasteiger partial charge in [0.1, 0.15) is 11.4 Å². The van der Waals surface area contributed by atoms with Crippen molar-refractivity contribution in [3.8, 4) is 22.4 Å². The number of H-pyrrole nitrogens is 1. The molecule has 0 spiro atoms. The smallest absolute Gasteiger partial charge is 0.408 e. The number of likely N-dealkylation sites (tertiary alicyclic amines) is 1. The van der Waals surface area contributed by atoms with Crippen LogP contribution in [-0.2, 0) is 19.1 Å². The van der Waals surface area contributed by atoms with Crippen LogP contribution in [0.15, 0.2) is 54.7 Å². The second-order valence-corrected chi connectivity index (χ2v) is 12.4. The molecule has 1 aromatic heterocycles. The van der Waals surface area contributed by atoms with Crippen LogP contribution in [0.25, 0.3) is 22.4 Å². The number of rotatable bonds is 10. The molecule has 1 aliphatic heterocycles. The minimum absolute atomic E-state index is 0.00591. The molecule has 4 rings (SSSR count). The van der Waals surface area contributed by atoms with Crippen LogP contribution < -0.4 is 5.32 Å². The number of esters is 1. The third-order valence-corrected chi connectivity index (χ3v) is 7.71. The Bertz CT molecular complexity index is 1470. The summed E-state index contributed by atoms with van der Waals surface area (Å²) in [6, 6.07) is 15.1. The van der Waals surface area contributed by atoms with E-state index in [-0.39, 0.29) is 42.6 Å². The molecule has 0 bridgehead atoms. The largest absolute Gasteiger partial charge is 0.469 e. The van der Waals surface area contributed by atoms with Crippen molar-refractivity contribution in [1.29, 1.82) is 0 Å². The van der Waals surface area contributed by atoms with Crippen LogP contribution in [0.1, 0.15) is 76.1 Å². The number of carbonyl (C=O) groups is 4. The molecule has 2 heterocycles. The number of hydrogen-bond donors (Lipinski definition) is 2. The molecule has 10 heteroatoms. The lowest BCUT2D eigenvalue weighted by Crippen LogP contribution is -2.39. The summed E-state index contributed by atoms with van der Waals surface area (Å²) in [5, 5.41) is 2.50. The van der Waals surface area contributed by atoms with Crippen molar-refractivity contribution in [2.75, 3.05) is 20.2 Å². The van der Waals surface area contributed by atoms with Crippen molar-refractivity contribution in [3.63, 3.8) is 0 Å². The molecule has 0 aliphatic carbocycles. The Balaban J connectivity index is 1.40. The first kappa shape index (κ1) is 32.4. The highest BCUT2D eigenvalue weighted by molar-refractivity contribution is 5.99. The molecular weight excluding hydrogens is 560 g/mol. The number of benzene rings is 2. The standard InChI is InChI=1S/C34H42N4O6/c1-21(2)26(18-30(40)43-6)32(41)38-17-7-8-28(38)31-35-19-27(37-31)24-13-9-22(10-14-24)23-11-15-25(16-12-23)29(39)20-36-33(42)44-34(3,4)5/h9-16,19,21,26,28H,7-8,17-18,20H2,1-6H3,(H,35,37)(H,36,42)/t26-,28-/m0/s1. The third-order valence-electron chi connectivity index (χ3n) is 7.71. The molecule has 2 amide bonds. The quantitative estimate of drug-likeness (QED) is 0.217. The van der Waals surface area contributed by atoms with Gasteiger partial charge in [-0.2, -0.15) is 0 Å². The zero-order valence-corrected chi connectivity index (χ0v) is 26.3. The van der Waals surface area contributed by atoms with E-state index in [0.717, 1.165) is 41.1 Å². The highest BCUT2D eigenvalue weighted by Crippen LogP contribution is 2.35. The van der Waals surface area contributed by atoms with Crippen LogP contribution in [0.2, 0.25) is 0 Å². The van der Waals surface area contributed by atoms with Gasteiger partial charge in [0.25, 0.3) is 0 Å². The van der Waals surface area contributed by atoms with Crippen molar-refractivity contribution in [2.24, 2.45) is 11.8 Å². The van der Waals surface area contributed by atoms with E-state index in [2.05, 4.69) is 15.3 Å². The van der Waals surface area contributed by atoms with E-state index >= 15 is 0 Å². The first-order valence-electron chi connectivity index (χ1n) is 15.0. The molecule has 0 radical (unpaired) electrons. The zero-order valence-electron chi connectivity index (χ0n) is 26.3. The molecule has 10 nitrogen and oxygen atoms in total. The van der Waals surface area contributed by atoms with Gasteiger partial charge < -0.3 is 24.7 Å². The number of nitrogens with one attached hydrogen (secondary N) is 2. The van der Waals surface area contributed by atoms with Crippen LogP contribution in [0, 0.1) is 11.8 Å². The molecule has 234 valence electrons. The van der Waals surface area contributed by atoms with Gasteiger partial charge in [0.05, 0.1) is 43.9 Å². The van der Waals surface area contributed by atoms with Gasteiger partial charge in [-0.3, -0.25) is 14.4 Å². The first-order valence-corrected chi connectivity index (χ1v) is 15.0. The Kier molecular flexibility index (Phi) is 10.2. The Morgan fingerprint density at radius 2 is 1.61 bits per heavy atom. The van der Waals surface area contributed by atoms with Crippen LogP contribution in [0.5, 0.6) is 0 Å². The van der Waals surface area contributed by atoms with Crippen molar-refractivity contribution in [3.05, 3.63) is 66.1 Å². The average molecular weight is 603 g/mol. The Hall–Kier alpha value is -4.47. The second-order valence-electron chi connectivity index (χ2n) is 12.4. The van der Waals surface area contributed by atoms with Gasteiger partial charge >= 0.3 is 12.1 Å². The number of hydrogen-bond acceptors (Lipinski definition) is 7. The van der Waals surface area contributed by atoms with Gasteiger partial charge in [-0.15, -0.1) is 0 Å². The lowest BCUT2D eigenvalue weighted by atomic mass is 9.91. The number of ketones is 1. The SMILES string of the molecule is COC(=O)C[C@H](C(=O)N1CCC[C@H]1c1ncc(-c2ccc(-c3ccc(C(=O)CNC(=O)OC(C)(C)C)cc3)cc2)[nH]1)C(C)C. The van der Waals surface area contributed by atoms with Crippen LogP contribution in [0.3, 0.4) is 0 Å². The molecule has 2 atom stereocenters. The van der Waals surface area contributed by atoms with Gasteiger partial charge in [0.15, 0.2) is 5.78 Å². The van der Waals surface area contributed by atoms with Crippen molar-refractivity contribution >= 4 is 23.8 Å². The van der Waals surface area contributed by atoms with Crippen molar-refractivity contribution in [1.82, 2.24) is 20.2 Å². The molecule has 2 N–H and O–H groups in total. The van der Waals surface area contributed by atoms with Crippen LogP contribution in [-0.4, -0.2) is 64.4 Å². The Morgan fingerprint density at radius 1 is 1.00 bits per heavy atom. The number of ether oxygens (including phenoxy) is 2. The number of aromatic nitrogens is 2. The summed E-state index contributed by atoms with van der Waals surface area (Å²) in [6.07, 6.45) is 2.89. The molecule has 1 saturated heterocycles. The minimum Gasteiger partial charge on any atom is -0.469 e. The molecular formula is C34H42N4O6. The predicted octanol–water partition coefficient (Wildman–Crippen LogP) is 5.95. The zero-order chi connectivity index (χ0) is 32.0.